The van der Waals surface area contributed by atoms with Gasteiger partial charge in [-0.3, -0.25) is 19.4 Å². The van der Waals surface area contributed by atoms with Crippen LogP contribution in [-0.4, -0.2) is 32.8 Å². The van der Waals surface area contributed by atoms with Gasteiger partial charge in [0.25, 0.3) is 5.91 Å². The number of aromatic nitrogens is 4. The van der Waals surface area contributed by atoms with Crippen molar-refractivity contribution in [1.82, 2.24) is 19.7 Å². The first-order chi connectivity index (χ1) is 13.0. The van der Waals surface area contributed by atoms with Gasteiger partial charge in [-0.15, -0.1) is 0 Å². The predicted molar refractivity (Wildman–Crippen MR) is 102 cm³/mol. The molecule has 0 bridgehead atoms. The Morgan fingerprint density at radius 2 is 2.07 bits per heavy atom. The van der Waals surface area contributed by atoms with Crippen molar-refractivity contribution in [2.75, 3.05) is 12.0 Å². The summed E-state index contributed by atoms with van der Waals surface area (Å²) in [5.74, 6) is 1.26. The molecule has 138 valence electrons. The van der Waals surface area contributed by atoms with E-state index in [1.54, 1.807) is 24.4 Å². The number of fused-ring (bicyclic) bond motifs is 1. The first-order valence-corrected chi connectivity index (χ1v) is 8.91. The summed E-state index contributed by atoms with van der Waals surface area (Å²) in [7, 11) is 1.61. The monoisotopic (exact) mass is 363 g/mol. The SMILES string of the molecule is CCn1ccc(N2C(=O)c3c(C)cc(-c4cncc(OC)c4)nc3C2C)n1. The van der Waals surface area contributed by atoms with Gasteiger partial charge in [-0.2, -0.15) is 5.10 Å². The zero-order valence-electron chi connectivity index (χ0n) is 15.8. The fraction of sp³-hybridized carbons (Fsp3) is 0.300. The smallest absolute Gasteiger partial charge is 0.262 e. The second kappa shape index (κ2) is 6.50. The number of hydrogen-bond donors (Lipinski definition) is 0. The number of pyridine rings is 2. The van der Waals surface area contributed by atoms with Crippen LogP contribution in [0.15, 0.2) is 36.8 Å². The maximum atomic E-state index is 13.1. The van der Waals surface area contributed by atoms with Gasteiger partial charge in [-0.1, -0.05) is 0 Å². The van der Waals surface area contributed by atoms with E-state index in [9.17, 15) is 4.79 Å². The third-order valence-electron chi connectivity index (χ3n) is 4.90. The Morgan fingerprint density at radius 3 is 2.78 bits per heavy atom. The standard InChI is InChI=1S/C20H21N5O2/c1-5-24-7-6-17(23-24)25-13(3)19-18(20(25)26)12(2)8-16(22-19)14-9-15(27-4)11-21-10-14/h6-11,13H,5H2,1-4H3. The molecule has 1 amide bonds. The van der Waals surface area contributed by atoms with Crippen LogP contribution in [-0.2, 0) is 6.54 Å². The Bertz CT molecular complexity index is 1030. The lowest BCUT2D eigenvalue weighted by atomic mass is 10.0. The summed E-state index contributed by atoms with van der Waals surface area (Å²) < 4.78 is 7.07. The van der Waals surface area contributed by atoms with Crippen molar-refractivity contribution in [3.8, 4) is 17.0 Å². The summed E-state index contributed by atoms with van der Waals surface area (Å²) >= 11 is 0. The van der Waals surface area contributed by atoms with Gasteiger partial charge in [0.15, 0.2) is 5.82 Å². The lowest BCUT2D eigenvalue weighted by Gasteiger charge is -2.18. The van der Waals surface area contributed by atoms with Crippen LogP contribution in [0.1, 0.15) is 41.5 Å². The number of aryl methyl sites for hydroxylation is 2. The molecule has 4 rings (SSSR count). The van der Waals surface area contributed by atoms with E-state index in [-0.39, 0.29) is 11.9 Å². The molecule has 27 heavy (non-hydrogen) atoms. The van der Waals surface area contributed by atoms with E-state index in [0.717, 1.165) is 29.1 Å². The van der Waals surface area contributed by atoms with E-state index in [1.165, 1.54) is 0 Å². The minimum Gasteiger partial charge on any atom is -0.495 e. The number of carbonyl (C=O) groups is 1. The number of methoxy groups -OCH3 is 1. The molecule has 0 saturated carbocycles. The van der Waals surface area contributed by atoms with E-state index in [0.29, 0.717) is 17.1 Å². The molecule has 0 radical (unpaired) electrons. The predicted octanol–water partition coefficient (Wildman–Crippen LogP) is 3.40. The number of hydrogen-bond acceptors (Lipinski definition) is 5. The van der Waals surface area contributed by atoms with Crippen molar-refractivity contribution in [3.63, 3.8) is 0 Å². The number of amides is 1. The summed E-state index contributed by atoms with van der Waals surface area (Å²) in [5, 5.41) is 4.49. The first-order valence-electron chi connectivity index (χ1n) is 8.91. The number of nitrogens with zero attached hydrogens (tertiary/aromatic N) is 5. The van der Waals surface area contributed by atoms with Gasteiger partial charge >= 0.3 is 0 Å². The molecule has 7 heteroatoms. The highest BCUT2D eigenvalue weighted by atomic mass is 16.5. The largest absolute Gasteiger partial charge is 0.495 e. The summed E-state index contributed by atoms with van der Waals surface area (Å²) in [6.45, 7) is 6.69. The van der Waals surface area contributed by atoms with Gasteiger partial charge in [0.1, 0.15) is 5.75 Å². The molecule has 1 unspecified atom stereocenters. The van der Waals surface area contributed by atoms with E-state index in [4.69, 9.17) is 9.72 Å². The first kappa shape index (κ1) is 17.2. The van der Waals surface area contributed by atoms with E-state index in [2.05, 4.69) is 10.1 Å². The van der Waals surface area contributed by atoms with Crippen molar-refractivity contribution in [3.05, 3.63) is 53.6 Å². The molecule has 0 aromatic carbocycles. The van der Waals surface area contributed by atoms with Gasteiger partial charge < -0.3 is 4.74 Å². The van der Waals surface area contributed by atoms with Crippen molar-refractivity contribution in [2.45, 2.75) is 33.4 Å². The fourth-order valence-electron chi connectivity index (χ4n) is 3.47. The second-order valence-electron chi connectivity index (χ2n) is 6.58. The average Bonchev–Trinajstić information content (AvgIpc) is 3.24. The molecule has 3 aromatic rings. The Morgan fingerprint density at radius 1 is 1.26 bits per heavy atom. The Labute approximate surface area is 157 Å². The lowest BCUT2D eigenvalue weighted by Crippen LogP contribution is -2.27. The van der Waals surface area contributed by atoms with Gasteiger partial charge in [0.2, 0.25) is 0 Å². The Kier molecular flexibility index (Phi) is 4.14. The van der Waals surface area contributed by atoms with Gasteiger partial charge in [0.05, 0.1) is 36.3 Å². The molecule has 4 heterocycles. The van der Waals surface area contributed by atoms with Crippen LogP contribution >= 0.6 is 0 Å². The summed E-state index contributed by atoms with van der Waals surface area (Å²) in [4.78, 5) is 23.8. The van der Waals surface area contributed by atoms with Gasteiger partial charge in [-0.05, 0) is 38.5 Å². The highest BCUT2D eigenvalue weighted by Crippen LogP contribution is 2.38. The zero-order valence-corrected chi connectivity index (χ0v) is 15.8. The topological polar surface area (TPSA) is 73.1 Å². The molecule has 0 N–H and O–H groups in total. The maximum absolute atomic E-state index is 13.1. The molecule has 7 nitrogen and oxygen atoms in total. The minimum absolute atomic E-state index is 0.0563. The molecular weight excluding hydrogens is 342 g/mol. The fourth-order valence-corrected chi connectivity index (χ4v) is 3.47. The van der Waals surface area contributed by atoms with E-state index in [1.807, 2.05) is 49.8 Å². The van der Waals surface area contributed by atoms with Gasteiger partial charge in [0, 0.05) is 30.6 Å². The number of anilines is 1. The molecule has 0 spiro atoms. The third kappa shape index (κ3) is 2.75. The number of rotatable bonds is 4. The average molecular weight is 363 g/mol. The molecule has 3 aromatic heterocycles. The summed E-state index contributed by atoms with van der Waals surface area (Å²) in [5.41, 5.74) is 3.95. The van der Waals surface area contributed by atoms with Crippen LogP contribution in [0, 0.1) is 6.92 Å². The molecule has 0 aliphatic carbocycles. The normalized spacial score (nSPS) is 15.9. The van der Waals surface area contributed by atoms with Crippen molar-refractivity contribution >= 4 is 11.7 Å². The van der Waals surface area contributed by atoms with Crippen molar-refractivity contribution in [2.24, 2.45) is 0 Å². The highest BCUT2D eigenvalue weighted by molar-refractivity contribution is 6.11. The zero-order chi connectivity index (χ0) is 19.1. The highest BCUT2D eigenvalue weighted by Gasteiger charge is 2.39. The Balaban J connectivity index is 1.78. The molecule has 0 saturated heterocycles. The molecule has 0 fully saturated rings. The number of ether oxygens (including phenoxy) is 1. The van der Waals surface area contributed by atoms with Crippen LogP contribution in [0.5, 0.6) is 5.75 Å². The lowest BCUT2D eigenvalue weighted by molar-refractivity contribution is 0.0991. The molecule has 1 aliphatic heterocycles. The van der Waals surface area contributed by atoms with Crippen LogP contribution < -0.4 is 9.64 Å². The van der Waals surface area contributed by atoms with Crippen molar-refractivity contribution in [1.29, 1.82) is 0 Å². The number of carbonyl (C=O) groups excluding carboxylic acids is 1. The molecule has 1 atom stereocenters. The molecular formula is C20H21N5O2. The Hall–Kier alpha value is -3.22. The second-order valence-corrected chi connectivity index (χ2v) is 6.58. The van der Waals surface area contributed by atoms with E-state index >= 15 is 0 Å². The van der Waals surface area contributed by atoms with Crippen LogP contribution in [0.25, 0.3) is 11.3 Å². The van der Waals surface area contributed by atoms with Gasteiger partial charge in [-0.25, -0.2) is 4.98 Å². The van der Waals surface area contributed by atoms with Crippen LogP contribution in [0.3, 0.4) is 0 Å². The molecule has 1 aliphatic rings. The third-order valence-corrected chi connectivity index (χ3v) is 4.90. The summed E-state index contributed by atoms with van der Waals surface area (Å²) in [6.07, 6.45) is 5.28. The minimum atomic E-state index is -0.190. The maximum Gasteiger partial charge on any atom is 0.262 e. The van der Waals surface area contributed by atoms with Crippen LogP contribution in [0.4, 0.5) is 5.82 Å². The van der Waals surface area contributed by atoms with Crippen LogP contribution in [0.2, 0.25) is 0 Å². The quantitative estimate of drug-likeness (QED) is 0.710. The van der Waals surface area contributed by atoms with Crippen molar-refractivity contribution < 1.29 is 9.53 Å². The van der Waals surface area contributed by atoms with E-state index < -0.39 is 0 Å². The summed E-state index contributed by atoms with van der Waals surface area (Å²) in [6, 6.07) is 5.49.